The highest BCUT2D eigenvalue weighted by atomic mass is 32.2. The van der Waals surface area contributed by atoms with Crippen LogP contribution in [0.25, 0.3) is 6.08 Å². The summed E-state index contributed by atoms with van der Waals surface area (Å²) in [5, 5.41) is 29.0. The fourth-order valence-electron chi connectivity index (χ4n) is 1.70. The Morgan fingerprint density at radius 2 is 2.04 bits per heavy atom. The molecule has 0 saturated heterocycles. The van der Waals surface area contributed by atoms with E-state index in [1.807, 2.05) is 0 Å². The van der Waals surface area contributed by atoms with Crippen LogP contribution < -0.4 is 5.32 Å². The van der Waals surface area contributed by atoms with Crippen LogP contribution in [0.3, 0.4) is 0 Å². The number of phenolic OH excluding ortho intramolecular Hbond substituents is 2. The number of aromatic nitrogens is 2. The highest BCUT2D eigenvalue weighted by molar-refractivity contribution is 7.91. The fraction of sp³-hybridized carbons (Fsp3) is 0.200. The molecule has 0 aliphatic heterocycles. The lowest BCUT2D eigenvalue weighted by molar-refractivity contribution is -0.112. The summed E-state index contributed by atoms with van der Waals surface area (Å²) >= 11 is 0.679. The highest BCUT2D eigenvalue weighted by Gasteiger charge is 2.25. The van der Waals surface area contributed by atoms with Crippen molar-refractivity contribution in [1.82, 2.24) is 9.36 Å². The number of aromatic hydroxyl groups is 2. The quantitative estimate of drug-likeness (QED) is 0.393. The van der Waals surface area contributed by atoms with Crippen LogP contribution >= 0.6 is 11.5 Å². The molecule has 0 aliphatic carbocycles. The van der Waals surface area contributed by atoms with Gasteiger partial charge >= 0.3 is 0 Å². The number of benzene rings is 1. The van der Waals surface area contributed by atoms with Crippen molar-refractivity contribution in [2.45, 2.75) is 24.3 Å². The van der Waals surface area contributed by atoms with Crippen LogP contribution in [0.4, 0.5) is 5.13 Å². The number of hydrogen-bond acceptors (Lipinski definition) is 9. The van der Waals surface area contributed by atoms with Crippen molar-refractivity contribution in [1.29, 1.82) is 5.26 Å². The molecule has 3 N–H and O–H groups in total. The Bertz CT molecular complexity index is 1020. The molecule has 11 heteroatoms. The Morgan fingerprint density at radius 3 is 2.62 bits per heavy atom. The fourth-order valence-corrected chi connectivity index (χ4v) is 3.39. The third-order valence-electron chi connectivity index (χ3n) is 3.18. The van der Waals surface area contributed by atoms with Gasteiger partial charge in [-0.3, -0.25) is 10.1 Å². The number of phenols is 2. The van der Waals surface area contributed by atoms with Crippen molar-refractivity contribution in [2.24, 2.45) is 0 Å². The summed E-state index contributed by atoms with van der Waals surface area (Å²) in [4.78, 5) is 15.9. The first-order valence-electron chi connectivity index (χ1n) is 7.18. The number of nitrogens with one attached hydrogen (secondary N) is 1. The van der Waals surface area contributed by atoms with E-state index in [-0.39, 0.29) is 16.5 Å². The van der Waals surface area contributed by atoms with Gasteiger partial charge in [-0.2, -0.15) is 14.6 Å². The number of hydrogen-bond donors (Lipinski definition) is 3. The Hall–Kier alpha value is -2.97. The average Bonchev–Trinajstić information content (AvgIpc) is 3.04. The third kappa shape index (κ3) is 4.16. The summed E-state index contributed by atoms with van der Waals surface area (Å²) < 4.78 is 27.7. The van der Waals surface area contributed by atoms with Crippen LogP contribution in [0.2, 0.25) is 0 Å². The van der Waals surface area contributed by atoms with E-state index < -0.39 is 31.9 Å². The summed E-state index contributed by atoms with van der Waals surface area (Å²) in [6, 6.07) is 5.49. The normalized spacial score (nSPS) is 12.0. The Balaban J connectivity index is 2.23. The van der Waals surface area contributed by atoms with Gasteiger partial charge in [0.05, 0.1) is 5.25 Å². The molecule has 0 bridgehead atoms. The molecule has 136 valence electrons. The standard InChI is InChI=1S/C15H14N4O5S2/c1-8(2)26(23,24)15-18-14(25-19-15)17-13(22)10(7-16)5-9-3-4-11(20)12(21)6-9/h3-6,8,20-21H,1-2H3,(H,17,18,19,22)/b10-5-. The lowest BCUT2D eigenvalue weighted by Crippen LogP contribution is -2.16. The molecule has 1 aromatic heterocycles. The van der Waals surface area contributed by atoms with E-state index >= 15 is 0 Å². The molecule has 2 rings (SSSR count). The molecule has 0 spiro atoms. The third-order valence-corrected chi connectivity index (χ3v) is 5.86. The lowest BCUT2D eigenvalue weighted by atomic mass is 10.1. The minimum atomic E-state index is -3.67. The van der Waals surface area contributed by atoms with Crippen LogP contribution in [-0.2, 0) is 14.6 Å². The molecule has 1 amide bonds. The summed E-state index contributed by atoms with van der Waals surface area (Å²) in [7, 11) is -3.67. The van der Waals surface area contributed by atoms with Crippen molar-refractivity contribution in [3.63, 3.8) is 0 Å². The van der Waals surface area contributed by atoms with Gasteiger partial charge in [-0.15, -0.1) is 0 Å². The Kier molecular flexibility index (Phi) is 5.59. The van der Waals surface area contributed by atoms with Crippen LogP contribution in [0.1, 0.15) is 19.4 Å². The lowest BCUT2D eigenvalue weighted by Gasteiger charge is -2.02. The number of sulfone groups is 1. The predicted octanol–water partition coefficient (Wildman–Crippen LogP) is 1.68. The first-order chi connectivity index (χ1) is 12.1. The molecule has 1 aromatic carbocycles. The molecule has 9 nitrogen and oxygen atoms in total. The van der Waals surface area contributed by atoms with Gasteiger partial charge in [0.1, 0.15) is 11.6 Å². The van der Waals surface area contributed by atoms with E-state index in [4.69, 9.17) is 5.26 Å². The van der Waals surface area contributed by atoms with Gasteiger partial charge in [-0.05, 0) is 37.6 Å². The molecule has 0 atom stereocenters. The van der Waals surface area contributed by atoms with Gasteiger partial charge in [0.25, 0.3) is 11.1 Å². The minimum absolute atomic E-state index is 0.0658. The Labute approximate surface area is 153 Å². The van der Waals surface area contributed by atoms with E-state index in [0.29, 0.717) is 17.1 Å². The van der Waals surface area contributed by atoms with Gasteiger partial charge in [0.15, 0.2) is 11.5 Å². The van der Waals surface area contributed by atoms with Crippen molar-refractivity contribution < 1.29 is 23.4 Å². The maximum absolute atomic E-state index is 12.2. The number of anilines is 1. The van der Waals surface area contributed by atoms with Gasteiger partial charge < -0.3 is 10.2 Å². The largest absolute Gasteiger partial charge is 0.504 e. The summed E-state index contributed by atoms with van der Waals surface area (Å²) in [5.74, 6) is -1.55. The second-order valence-corrected chi connectivity index (χ2v) is 8.50. The molecule has 26 heavy (non-hydrogen) atoms. The number of nitriles is 1. The first-order valence-corrected chi connectivity index (χ1v) is 9.50. The summed E-state index contributed by atoms with van der Waals surface area (Å²) in [6.45, 7) is 2.97. The maximum atomic E-state index is 12.2. The second-order valence-electron chi connectivity index (χ2n) is 5.35. The molecular weight excluding hydrogens is 380 g/mol. The molecule has 0 radical (unpaired) electrons. The summed E-state index contributed by atoms with van der Waals surface area (Å²) in [6.07, 6.45) is 1.20. The maximum Gasteiger partial charge on any atom is 0.268 e. The predicted molar refractivity (Wildman–Crippen MR) is 94.2 cm³/mol. The van der Waals surface area contributed by atoms with Crippen molar-refractivity contribution in [2.75, 3.05) is 5.32 Å². The van der Waals surface area contributed by atoms with E-state index in [1.54, 1.807) is 6.07 Å². The zero-order valence-electron chi connectivity index (χ0n) is 13.7. The minimum Gasteiger partial charge on any atom is -0.504 e. The molecule has 0 saturated carbocycles. The number of rotatable bonds is 5. The SMILES string of the molecule is CC(C)S(=O)(=O)c1nsc(NC(=O)/C(C#N)=C\c2ccc(O)c(O)c2)n1. The zero-order valence-corrected chi connectivity index (χ0v) is 15.3. The van der Waals surface area contributed by atoms with Gasteiger partial charge in [0, 0.05) is 11.5 Å². The van der Waals surface area contributed by atoms with Crippen molar-refractivity contribution in [3.05, 3.63) is 29.3 Å². The molecular formula is C15H14N4O5S2. The smallest absolute Gasteiger partial charge is 0.268 e. The van der Waals surface area contributed by atoms with E-state index in [9.17, 15) is 23.4 Å². The first kappa shape index (κ1) is 19.4. The van der Waals surface area contributed by atoms with Crippen molar-refractivity contribution in [3.8, 4) is 17.6 Å². The molecule has 2 aromatic rings. The van der Waals surface area contributed by atoms with E-state index in [1.165, 1.54) is 38.1 Å². The number of carbonyl (C=O) groups excluding carboxylic acids is 1. The topological polar surface area (TPSA) is 153 Å². The molecule has 0 unspecified atom stereocenters. The van der Waals surface area contributed by atoms with Crippen LogP contribution in [0, 0.1) is 11.3 Å². The zero-order chi connectivity index (χ0) is 19.5. The van der Waals surface area contributed by atoms with Gasteiger partial charge in [-0.25, -0.2) is 8.42 Å². The average molecular weight is 394 g/mol. The van der Waals surface area contributed by atoms with E-state index in [2.05, 4.69) is 14.7 Å². The highest BCUT2D eigenvalue weighted by Crippen LogP contribution is 2.26. The Morgan fingerprint density at radius 1 is 1.35 bits per heavy atom. The second kappa shape index (κ2) is 7.51. The number of amides is 1. The monoisotopic (exact) mass is 394 g/mol. The van der Waals surface area contributed by atoms with Gasteiger partial charge in [-0.1, -0.05) is 6.07 Å². The number of carbonyl (C=O) groups is 1. The molecule has 0 aliphatic rings. The molecule has 0 fully saturated rings. The van der Waals surface area contributed by atoms with Crippen LogP contribution in [-0.4, -0.2) is 39.1 Å². The van der Waals surface area contributed by atoms with Gasteiger partial charge in [0.2, 0.25) is 15.0 Å². The van der Waals surface area contributed by atoms with Crippen LogP contribution in [0.15, 0.2) is 28.9 Å². The van der Waals surface area contributed by atoms with Crippen LogP contribution in [0.5, 0.6) is 11.5 Å². The summed E-state index contributed by atoms with van der Waals surface area (Å²) in [5.41, 5.74) is 0.00546. The van der Waals surface area contributed by atoms with E-state index in [0.717, 1.165) is 0 Å². The number of nitrogens with zero attached hydrogens (tertiary/aromatic N) is 3. The van der Waals surface area contributed by atoms with Crippen molar-refractivity contribution >= 4 is 38.5 Å². The molecule has 1 heterocycles.